The van der Waals surface area contributed by atoms with Crippen LogP contribution in [0, 0.1) is 17.2 Å². The number of carbonyl (C=O) groups excluding carboxylic acids is 4. The zero-order valence-electron chi connectivity index (χ0n) is 32.1. The lowest BCUT2D eigenvalue weighted by Crippen LogP contribution is -2.60. The summed E-state index contributed by atoms with van der Waals surface area (Å²) in [7, 11) is 0. The largest absolute Gasteiger partial charge is 0.417 e. The maximum atomic E-state index is 14.3. The van der Waals surface area contributed by atoms with Gasteiger partial charge >= 0.3 is 12.4 Å². The van der Waals surface area contributed by atoms with Crippen molar-refractivity contribution in [3.05, 3.63) is 59.2 Å². The summed E-state index contributed by atoms with van der Waals surface area (Å²) in [6.07, 6.45) is -4.37. The molecule has 11 nitrogen and oxygen atoms in total. The van der Waals surface area contributed by atoms with Crippen LogP contribution in [0.25, 0.3) is 0 Å². The maximum Gasteiger partial charge on any atom is 0.417 e. The molecule has 4 aliphatic rings. The van der Waals surface area contributed by atoms with Crippen LogP contribution in [0.3, 0.4) is 0 Å². The minimum atomic E-state index is -4.80. The number of amides is 4. The third-order valence-corrected chi connectivity index (χ3v) is 12.2. The number of hydrogen-bond donors (Lipinski definition) is 2. The molecule has 4 amide bonds. The molecule has 312 valence electrons. The van der Waals surface area contributed by atoms with Gasteiger partial charge in [0.2, 0.25) is 17.7 Å². The molecule has 2 aromatic rings. The predicted molar refractivity (Wildman–Crippen MR) is 205 cm³/mol. The highest BCUT2D eigenvalue weighted by molar-refractivity contribution is 7.80. The van der Waals surface area contributed by atoms with Gasteiger partial charge < -0.3 is 15.1 Å². The highest BCUT2D eigenvalue weighted by atomic mass is 32.1. The monoisotopic (exact) mass is 833 g/mol. The molecule has 2 atom stereocenters. The Morgan fingerprint density at radius 1 is 0.983 bits per heavy atom. The van der Waals surface area contributed by atoms with Crippen LogP contribution in [0.2, 0.25) is 0 Å². The molecule has 6 rings (SSSR count). The fraction of sp³-hybridized carbons (Fsp3) is 0.550. The van der Waals surface area contributed by atoms with Crippen molar-refractivity contribution in [2.75, 3.05) is 42.9 Å². The fourth-order valence-corrected chi connectivity index (χ4v) is 9.29. The number of carbonyl (C=O) groups is 4. The number of nitriles is 1. The summed E-state index contributed by atoms with van der Waals surface area (Å²) in [4.78, 5) is 56.0. The molecule has 4 fully saturated rings. The molecule has 3 saturated heterocycles. The lowest BCUT2D eigenvalue weighted by atomic mass is 9.82. The van der Waals surface area contributed by atoms with Gasteiger partial charge in [0.15, 0.2) is 5.11 Å². The van der Waals surface area contributed by atoms with E-state index >= 15 is 0 Å². The first-order chi connectivity index (χ1) is 27.3. The van der Waals surface area contributed by atoms with Crippen LogP contribution < -0.4 is 15.5 Å². The third-order valence-electron chi connectivity index (χ3n) is 11.8. The van der Waals surface area contributed by atoms with Crippen LogP contribution in [-0.4, -0.2) is 100.0 Å². The van der Waals surface area contributed by atoms with Gasteiger partial charge in [-0.15, -0.1) is 0 Å². The van der Waals surface area contributed by atoms with Gasteiger partial charge in [-0.3, -0.25) is 34.3 Å². The highest BCUT2D eigenvalue weighted by Crippen LogP contribution is 2.42. The molecule has 1 saturated carbocycles. The van der Waals surface area contributed by atoms with E-state index in [9.17, 15) is 50.8 Å². The standard InChI is InChI=1S/C40H45F6N7O4S/c1-38(2)36(57)52(29-14-9-26(21-47)31(20-29)39(41,42)43)37(58)53(38)28-12-5-24(6-13-28)4-3-17-50-18-19-51(32(22-50)40(44,45)46)23-34(55)48-27-10-7-25(8-11-27)30-15-16-33(54)49-35(30)56/h7-11,14,20,24,28,30,32H,3-6,12-13,15-19,22-23H2,1-2H3,(H,48,55)(H,49,54,56)/t24?,28?,30?,32-/m1/s1. The van der Waals surface area contributed by atoms with Crippen molar-refractivity contribution in [2.24, 2.45) is 5.92 Å². The van der Waals surface area contributed by atoms with Gasteiger partial charge in [-0.05, 0) is 119 Å². The average Bonchev–Trinajstić information content (AvgIpc) is 3.33. The van der Waals surface area contributed by atoms with E-state index < -0.39 is 65.2 Å². The quantitative estimate of drug-likeness (QED) is 0.160. The van der Waals surface area contributed by atoms with Crippen molar-refractivity contribution in [1.29, 1.82) is 5.26 Å². The number of benzene rings is 2. The number of rotatable bonds is 10. The first-order valence-corrected chi connectivity index (χ1v) is 19.7. The van der Waals surface area contributed by atoms with Gasteiger partial charge in [0.05, 0.1) is 35.3 Å². The zero-order valence-corrected chi connectivity index (χ0v) is 32.9. The van der Waals surface area contributed by atoms with Crippen molar-refractivity contribution < 1.29 is 45.5 Å². The second kappa shape index (κ2) is 16.9. The molecule has 3 heterocycles. The molecule has 1 aliphatic carbocycles. The molecule has 0 radical (unpaired) electrons. The highest BCUT2D eigenvalue weighted by Gasteiger charge is 2.53. The van der Waals surface area contributed by atoms with Gasteiger partial charge in [-0.25, -0.2) is 0 Å². The van der Waals surface area contributed by atoms with Crippen molar-refractivity contribution in [3.63, 3.8) is 0 Å². The molecule has 18 heteroatoms. The molecule has 0 spiro atoms. The lowest BCUT2D eigenvalue weighted by molar-refractivity contribution is -0.197. The number of imide groups is 1. The lowest BCUT2D eigenvalue weighted by Gasteiger charge is -2.42. The fourth-order valence-electron chi connectivity index (χ4n) is 8.72. The summed E-state index contributed by atoms with van der Waals surface area (Å²) in [6.45, 7) is 3.55. The molecular weight excluding hydrogens is 789 g/mol. The second-order valence-electron chi connectivity index (χ2n) is 16.0. The van der Waals surface area contributed by atoms with Crippen molar-refractivity contribution >= 4 is 52.3 Å². The molecule has 1 unspecified atom stereocenters. The summed E-state index contributed by atoms with van der Waals surface area (Å²) >= 11 is 5.70. The van der Waals surface area contributed by atoms with Crippen molar-refractivity contribution in [1.82, 2.24) is 20.0 Å². The summed E-state index contributed by atoms with van der Waals surface area (Å²) < 4.78 is 84.0. The minimum Gasteiger partial charge on any atom is -0.331 e. The topological polar surface area (TPSA) is 129 Å². The number of nitrogens with zero attached hydrogens (tertiary/aromatic N) is 5. The van der Waals surface area contributed by atoms with E-state index in [0.717, 1.165) is 41.2 Å². The number of halogens is 6. The predicted octanol–water partition coefficient (Wildman–Crippen LogP) is 6.34. The van der Waals surface area contributed by atoms with Gasteiger partial charge in [-0.2, -0.15) is 31.6 Å². The number of piperazine rings is 1. The Balaban J connectivity index is 0.970. The minimum absolute atomic E-state index is 0.0540. The van der Waals surface area contributed by atoms with Gasteiger partial charge in [0, 0.05) is 37.8 Å². The van der Waals surface area contributed by atoms with Gasteiger partial charge in [0.1, 0.15) is 11.6 Å². The van der Waals surface area contributed by atoms with Crippen LogP contribution in [0.4, 0.5) is 37.7 Å². The number of anilines is 2. The first kappa shape index (κ1) is 43.0. The smallest absolute Gasteiger partial charge is 0.331 e. The Hall–Kier alpha value is -4.60. The molecule has 0 bridgehead atoms. The Morgan fingerprint density at radius 3 is 2.29 bits per heavy atom. The van der Waals surface area contributed by atoms with Gasteiger partial charge in [0.25, 0.3) is 5.91 Å². The van der Waals surface area contributed by atoms with Gasteiger partial charge in [-0.1, -0.05) is 12.1 Å². The van der Waals surface area contributed by atoms with Crippen LogP contribution >= 0.6 is 12.2 Å². The van der Waals surface area contributed by atoms with Crippen LogP contribution in [-0.2, 0) is 25.4 Å². The molecule has 3 aliphatic heterocycles. The first-order valence-electron chi connectivity index (χ1n) is 19.3. The van der Waals surface area contributed by atoms with E-state index in [1.165, 1.54) is 6.07 Å². The molecule has 2 aromatic carbocycles. The molecule has 2 N–H and O–H groups in total. The van der Waals surface area contributed by atoms with Crippen LogP contribution in [0.15, 0.2) is 42.5 Å². The second-order valence-corrected chi connectivity index (χ2v) is 16.4. The number of nitrogens with one attached hydrogen (secondary N) is 2. The summed E-state index contributed by atoms with van der Waals surface area (Å²) in [6, 6.07) is 9.16. The number of alkyl halides is 6. The zero-order chi connectivity index (χ0) is 42.2. The van der Waals surface area contributed by atoms with E-state index in [2.05, 4.69) is 10.6 Å². The summed E-state index contributed by atoms with van der Waals surface area (Å²) in [5, 5.41) is 14.3. The number of hydrogen-bond acceptors (Lipinski definition) is 8. The summed E-state index contributed by atoms with van der Waals surface area (Å²) in [5.74, 6) is -1.97. The number of thiocarbonyl (C=S) groups is 1. The number of piperidine rings is 1. The summed E-state index contributed by atoms with van der Waals surface area (Å²) in [5.41, 5.74) is -1.83. The molecular formula is C40H45F6N7O4S. The molecule has 0 aromatic heterocycles. The van der Waals surface area contributed by atoms with E-state index in [1.54, 1.807) is 49.1 Å². The molecule has 58 heavy (non-hydrogen) atoms. The Kier molecular flexibility index (Phi) is 12.6. The van der Waals surface area contributed by atoms with Crippen molar-refractivity contribution in [2.45, 2.75) is 101 Å². The Bertz CT molecular complexity index is 1960. The van der Waals surface area contributed by atoms with E-state index in [4.69, 9.17) is 12.2 Å². The Labute approximate surface area is 337 Å². The Morgan fingerprint density at radius 2 is 1.67 bits per heavy atom. The third kappa shape index (κ3) is 9.31. The SMILES string of the molecule is CC1(C)C(=O)N(c2ccc(C#N)c(C(F)(F)F)c2)C(=S)N1C1CCC(CCCN2CCN(CC(=O)Nc3ccc(C4CCC(=O)NC4=O)cc3)[C@@H](C(F)(F)F)C2)CC1. The van der Waals surface area contributed by atoms with Crippen LogP contribution in [0.1, 0.15) is 87.8 Å². The normalized spacial score (nSPS) is 24.8. The van der Waals surface area contributed by atoms with E-state index in [0.29, 0.717) is 55.9 Å². The van der Waals surface area contributed by atoms with Crippen LogP contribution in [0.5, 0.6) is 0 Å². The van der Waals surface area contributed by atoms with E-state index in [-0.39, 0.29) is 42.3 Å². The van der Waals surface area contributed by atoms with E-state index in [1.807, 2.05) is 4.90 Å². The van der Waals surface area contributed by atoms with Crippen molar-refractivity contribution in [3.8, 4) is 6.07 Å². The maximum absolute atomic E-state index is 14.3. The average molecular weight is 834 g/mol.